The number of benzene rings is 1. The first-order valence-corrected chi connectivity index (χ1v) is 10.3. The van der Waals surface area contributed by atoms with Crippen molar-refractivity contribution >= 4 is 23.0 Å². The van der Waals surface area contributed by atoms with Crippen LogP contribution in [0, 0.1) is 42.9 Å². The quantitative estimate of drug-likeness (QED) is 0.191. The summed E-state index contributed by atoms with van der Waals surface area (Å²) in [5.74, 6) is -9.90. The highest BCUT2D eigenvalue weighted by atomic mass is 32.1. The highest BCUT2D eigenvalue weighted by Gasteiger charge is 2.26. The van der Waals surface area contributed by atoms with Gasteiger partial charge in [-0.05, 0) is 52.1 Å². The standard InChI is InChI=1S/C20H26F5N5S/c1-5-29(6-2)9-7-8-26-20(31)27-19-11(3)28-30(12(19)4)10-13-14(21)16(23)18(25)17(24)15(13)22/h5-10H2,1-4H3,(H2,26,27,31). The first-order chi connectivity index (χ1) is 14.6. The molecule has 0 bridgehead atoms. The van der Waals surface area contributed by atoms with Gasteiger partial charge in [0.25, 0.3) is 0 Å². The van der Waals surface area contributed by atoms with Gasteiger partial charge >= 0.3 is 0 Å². The summed E-state index contributed by atoms with van der Waals surface area (Å²) >= 11 is 5.29. The molecule has 0 aliphatic rings. The van der Waals surface area contributed by atoms with E-state index in [1.165, 1.54) is 4.68 Å². The average molecular weight is 464 g/mol. The summed E-state index contributed by atoms with van der Waals surface area (Å²) in [6, 6.07) is 0. The summed E-state index contributed by atoms with van der Waals surface area (Å²) in [4.78, 5) is 2.29. The Morgan fingerprint density at radius 1 is 0.968 bits per heavy atom. The fourth-order valence-corrected chi connectivity index (χ4v) is 3.38. The maximum absolute atomic E-state index is 14.0. The van der Waals surface area contributed by atoms with Crippen LogP contribution < -0.4 is 10.6 Å². The number of halogens is 5. The van der Waals surface area contributed by atoms with Gasteiger partial charge in [-0.2, -0.15) is 5.10 Å². The molecule has 5 nitrogen and oxygen atoms in total. The van der Waals surface area contributed by atoms with E-state index < -0.39 is 41.2 Å². The zero-order valence-electron chi connectivity index (χ0n) is 17.9. The van der Waals surface area contributed by atoms with Gasteiger partial charge in [-0.15, -0.1) is 0 Å². The van der Waals surface area contributed by atoms with E-state index in [-0.39, 0.29) is 0 Å². The molecule has 0 atom stereocenters. The molecule has 1 aromatic heterocycles. The molecular formula is C20H26F5N5S. The number of aromatic nitrogens is 2. The molecule has 2 rings (SSSR count). The molecule has 0 aliphatic carbocycles. The molecule has 0 spiro atoms. The van der Waals surface area contributed by atoms with Gasteiger partial charge in [-0.1, -0.05) is 13.8 Å². The summed E-state index contributed by atoms with van der Waals surface area (Å²) in [6.07, 6.45) is 0.890. The third kappa shape index (κ3) is 5.70. The van der Waals surface area contributed by atoms with Crippen LogP contribution in [0.25, 0.3) is 0 Å². The highest BCUT2D eigenvalue weighted by Crippen LogP contribution is 2.26. The van der Waals surface area contributed by atoms with Gasteiger partial charge in [-0.3, -0.25) is 4.68 Å². The number of anilines is 1. The van der Waals surface area contributed by atoms with Crippen LogP contribution in [0.15, 0.2) is 0 Å². The van der Waals surface area contributed by atoms with Crippen molar-refractivity contribution in [2.45, 2.75) is 40.7 Å². The van der Waals surface area contributed by atoms with E-state index in [4.69, 9.17) is 12.2 Å². The van der Waals surface area contributed by atoms with Crippen LogP contribution in [-0.2, 0) is 6.54 Å². The van der Waals surface area contributed by atoms with Crippen molar-refractivity contribution in [3.8, 4) is 0 Å². The lowest BCUT2D eigenvalue weighted by Gasteiger charge is -2.18. The summed E-state index contributed by atoms with van der Waals surface area (Å²) in [5, 5.41) is 10.6. The molecule has 0 amide bonds. The highest BCUT2D eigenvalue weighted by molar-refractivity contribution is 7.80. The van der Waals surface area contributed by atoms with E-state index in [0.29, 0.717) is 28.7 Å². The number of hydrogen-bond donors (Lipinski definition) is 2. The van der Waals surface area contributed by atoms with E-state index in [2.05, 4.69) is 34.5 Å². The molecule has 0 fully saturated rings. The SMILES string of the molecule is CCN(CC)CCCNC(=S)Nc1c(C)nn(Cc2c(F)c(F)c(F)c(F)c2F)c1C. The van der Waals surface area contributed by atoms with Crippen molar-refractivity contribution in [1.82, 2.24) is 20.0 Å². The van der Waals surface area contributed by atoms with E-state index in [1.54, 1.807) is 13.8 Å². The predicted molar refractivity (Wildman–Crippen MR) is 114 cm³/mol. The molecule has 2 N–H and O–H groups in total. The Balaban J connectivity index is 2.09. The Labute approximate surface area is 183 Å². The lowest BCUT2D eigenvalue weighted by molar-refractivity contribution is 0.300. The average Bonchev–Trinajstić information content (AvgIpc) is 3.01. The molecule has 0 unspecified atom stereocenters. The molecule has 0 aliphatic heterocycles. The molecule has 2 aromatic rings. The number of nitrogens with zero attached hydrogens (tertiary/aromatic N) is 3. The fraction of sp³-hybridized carbons (Fsp3) is 0.500. The van der Waals surface area contributed by atoms with Crippen molar-refractivity contribution in [1.29, 1.82) is 0 Å². The Morgan fingerprint density at radius 2 is 1.52 bits per heavy atom. The Kier molecular flexibility index (Phi) is 8.75. The van der Waals surface area contributed by atoms with Gasteiger partial charge in [-0.25, -0.2) is 22.0 Å². The topological polar surface area (TPSA) is 45.1 Å². The van der Waals surface area contributed by atoms with Crippen molar-refractivity contribution in [3.05, 3.63) is 46.0 Å². The smallest absolute Gasteiger partial charge is 0.200 e. The maximum atomic E-state index is 14.0. The van der Waals surface area contributed by atoms with Gasteiger partial charge < -0.3 is 15.5 Å². The maximum Gasteiger partial charge on any atom is 0.200 e. The lowest BCUT2D eigenvalue weighted by Crippen LogP contribution is -2.32. The number of thiocarbonyl (C=S) groups is 1. The van der Waals surface area contributed by atoms with Gasteiger partial charge in [0.05, 0.1) is 29.2 Å². The van der Waals surface area contributed by atoms with Gasteiger partial charge in [0.2, 0.25) is 5.82 Å². The van der Waals surface area contributed by atoms with Gasteiger partial charge in [0.1, 0.15) is 0 Å². The first-order valence-electron chi connectivity index (χ1n) is 9.93. The summed E-state index contributed by atoms with van der Waals surface area (Å²) in [5.41, 5.74) is 0.457. The van der Waals surface area contributed by atoms with Gasteiger partial charge in [0, 0.05) is 6.54 Å². The van der Waals surface area contributed by atoms with Crippen molar-refractivity contribution in [2.24, 2.45) is 0 Å². The second kappa shape index (κ2) is 10.9. The predicted octanol–water partition coefficient (Wildman–Crippen LogP) is 4.26. The summed E-state index contributed by atoms with van der Waals surface area (Å²) in [6.45, 7) is 10.4. The van der Waals surface area contributed by atoms with E-state index in [1.807, 2.05) is 0 Å². The Bertz CT molecular complexity index is 914. The largest absolute Gasteiger partial charge is 0.362 e. The molecule has 1 aromatic carbocycles. The van der Waals surface area contributed by atoms with Crippen LogP contribution >= 0.6 is 12.2 Å². The molecule has 31 heavy (non-hydrogen) atoms. The zero-order chi connectivity index (χ0) is 23.3. The first kappa shape index (κ1) is 25.0. The summed E-state index contributed by atoms with van der Waals surface area (Å²) < 4.78 is 69.4. The van der Waals surface area contributed by atoms with Crippen molar-refractivity contribution in [2.75, 3.05) is 31.5 Å². The summed E-state index contributed by atoms with van der Waals surface area (Å²) in [7, 11) is 0. The van der Waals surface area contributed by atoms with E-state index in [0.717, 1.165) is 26.1 Å². The van der Waals surface area contributed by atoms with Crippen LogP contribution in [0.3, 0.4) is 0 Å². The van der Waals surface area contributed by atoms with Crippen LogP contribution in [0.5, 0.6) is 0 Å². The third-order valence-electron chi connectivity index (χ3n) is 5.06. The molecule has 0 radical (unpaired) electrons. The van der Waals surface area contributed by atoms with Crippen LogP contribution in [0.4, 0.5) is 27.6 Å². The van der Waals surface area contributed by atoms with Crippen molar-refractivity contribution in [3.63, 3.8) is 0 Å². The lowest BCUT2D eigenvalue weighted by atomic mass is 10.1. The van der Waals surface area contributed by atoms with E-state index >= 15 is 0 Å². The minimum atomic E-state index is -2.19. The number of nitrogens with one attached hydrogen (secondary N) is 2. The minimum absolute atomic E-state index is 0.349. The second-order valence-corrected chi connectivity index (χ2v) is 7.42. The number of rotatable bonds is 9. The number of aryl methyl sites for hydroxylation is 1. The number of hydrogen-bond acceptors (Lipinski definition) is 3. The fourth-order valence-electron chi connectivity index (χ4n) is 3.17. The molecule has 172 valence electrons. The molecule has 1 heterocycles. The Hall–Kier alpha value is -2.27. The van der Waals surface area contributed by atoms with E-state index in [9.17, 15) is 22.0 Å². The van der Waals surface area contributed by atoms with Crippen molar-refractivity contribution < 1.29 is 22.0 Å². The molecule has 11 heteroatoms. The van der Waals surface area contributed by atoms with Gasteiger partial charge in [0.15, 0.2) is 28.4 Å². The monoisotopic (exact) mass is 463 g/mol. The zero-order valence-corrected chi connectivity index (χ0v) is 18.7. The molecule has 0 saturated carbocycles. The van der Waals surface area contributed by atoms with Crippen LogP contribution in [0.1, 0.15) is 37.2 Å². The molecular weight excluding hydrogens is 437 g/mol. The third-order valence-corrected chi connectivity index (χ3v) is 5.31. The molecule has 0 saturated heterocycles. The minimum Gasteiger partial charge on any atom is -0.362 e. The van der Waals surface area contributed by atoms with Crippen LogP contribution in [-0.4, -0.2) is 46.0 Å². The second-order valence-electron chi connectivity index (χ2n) is 7.01. The van der Waals surface area contributed by atoms with Crippen LogP contribution in [0.2, 0.25) is 0 Å². The normalized spacial score (nSPS) is 11.3. The Morgan fingerprint density at radius 3 is 2.06 bits per heavy atom.